The first-order valence-electron chi connectivity index (χ1n) is 12.4. The molecule has 0 spiro atoms. The number of aliphatic hydroxyl groups is 1. The van der Waals surface area contributed by atoms with Gasteiger partial charge in [0.05, 0.1) is 5.52 Å². The van der Waals surface area contributed by atoms with Crippen LogP contribution in [0.15, 0.2) is 54.7 Å². The molecule has 2 aromatic heterocycles. The van der Waals surface area contributed by atoms with E-state index in [2.05, 4.69) is 30.6 Å². The van der Waals surface area contributed by atoms with Gasteiger partial charge in [-0.05, 0) is 29.8 Å². The highest BCUT2D eigenvalue weighted by atomic mass is 19.4. The van der Waals surface area contributed by atoms with Crippen molar-refractivity contribution >= 4 is 54.1 Å². The number of H-pyrrole nitrogens is 1. The summed E-state index contributed by atoms with van der Waals surface area (Å²) < 4.78 is 48.8. The van der Waals surface area contributed by atoms with E-state index in [0.717, 1.165) is 6.07 Å². The number of fused-ring (bicyclic) bond motifs is 1. The highest BCUT2D eigenvalue weighted by Gasteiger charge is 2.35. The zero-order valence-corrected chi connectivity index (χ0v) is 22.8. The number of carbonyl (C=O) groups is 2. The maximum Gasteiger partial charge on any atom is 0.573 e. The molecule has 0 saturated carbocycles. The van der Waals surface area contributed by atoms with Crippen molar-refractivity contribution in [2.24, 2.45) is 0 Å². The number of nitrogens with one attached hydrogen (secondary N) is 3. The zero-order valence-electron chi connectivity index (χ0n) is 22.8. The summed E-state index contributed by atoms with van der Waals surface area (Å²) in [6, 6.07) is 12.1. The van der Waals surface area contributed by atoms with E-state index in [1.165, 1.54) is 68.9 Å². The summed E-state index contributed by atoms with van der Waals surface area (Å²) in [7, 11) is 7.25. The average Bonchev–Trinajstić information content (AvgIpc) is 3.30. The minimum absolute atomic E-state index is 0.0800. The van der Waals surface area contributed by atoms with Crippen molar-refractivity contribution in [1.82, 2.24) is 25.8 Å². The number of aromatic nitrogens is 3. The number of alkyl halides is 3. The molecule has 4 N–H and O–H groups in total. The van der Waals surface area contributed by atoms with E-state index in [4.69, 9.17) is 4.74 Å². The fourth-order valence-electron chi connectivity index (χ4n) is 4.20. The molecule has 208 valence electrons. The summed E-state index contributed by atoms with van der Waals surface area (Å²) in [6.07, 6.45) is -3.49. The first-order chi connectivity index (χ1) is 19.1. The number of hydrogen-bond donors (Lipinski definition) is 4. The van der Waals surface area contributed by atoms with Gasteiger partial charge < -0.3 is 25.2 Å². The van der Waals surface area contributed by atoms with Crippen LogP contribution >= 0.6 is 0 Å². The summed E-state index contributed by atoms with van der Waals surface area (Å²) in [4.78, 5) is 29.9. The molecule has 17 heteroatoms. The van der Waals surface area contributed by atoms with Crippen molar-refractivity contribution in [3.05, 3.63) is 71.5 Å². The number of pyridine rings is 1. The molecule has 0 unspecified atom stereocenters. The molecule has 41 heavy (non-hydrogen) atoms. The number of para-hydroxylation sites is 1. The lowest BCUT2D eigenvalue weighted by atomic mass is 9.57. The first kappa shape index (κ1) is 29.6. The van der Waals surface area contributed by atoms with Crippen LogP contribution < -0.4 is 20.1 Å². The molecule has 2 amide bonds. The Hall–Kier alpha value is -4.39. The van der Waals surface area contributed by atoms with Gasteiger partial charge in [-0.1, -0.05) is 24.3 Å². The minimum Gasteiger partial charge on any atom is -0.463 e. The van der Waals surface area contributed by atoms with Gasteiger partial charge in [0.15, 0.2) is 21.4 Å². The predicted molar refractivity (Wildman–Crippen MR) is 155 cm³/mol. The molecule has 0 saturated heterocycles. The molecular formula is C24H24B4F3N5O5. The predicted octanol–water partition coefficient (Wildman–Crippen LogP) is -1.06. The second-order valence-electron chi connectivity index (χ2n) is 10.2. The number of hydrogen-bond acceptors (Lipinski definition) is 7. The fourth-order valence-corrected chi connectivity index (χ4v) is 4.20. The van der Waals surface area contributed by atoms with Crippen LogP contribution in [0.2, 0.25) is 0 Å². The number of ether oxygens (including phenoxy) is 2. The van der Waals surface area contributed by atoms with E-state index in [-0.39, 0.29) is 28.6 Å². The fraction of sp³-hybridized carbons (Fsp3) is 0.167. The lowest BCUT2D eigenvalue weighted by Crippen LogP contribution is -2.47. The maximum atomic E-state index is 13.6. The molecule has 4 rings (SSSR count). The van der Waals surface area contributed by atoms with Gasteiger partial charge in [0.25, 0.3) is 11.8 Å². The van der Waals surface area contributed by atoms with Crippen LogP contribution in [0.5, 0.6) is 11.6 Å². The molecule has 0 aliphatic heterocycles. The van der Waals surface area contributed by atoms with Crippen molar-refractivity contribution in [2.75, 3.05) is 7.05 Å². The van der Waals surface area contributed by atoms with Gasteiger partial charge >= 0.3 is 6.36 Å². The molecule has 0 bridgehead atoms. The molecule has 0 aliphatic rings. The number of halogens is 3. The molecular weight excluding hydrogens is 539 g/mol. The molecule has 2 heterocycles. The standard InChI is InChI=1S/C24H24B4F3N5O5/c1-32-20(38)18-13-7-6-11(9-16(13)35-36-18)12-8-14(21(33-10-12)41-23(27,28)39)19(37)34-22(25,26)15-4-2-3-5-17(15)40-24(29,30)31/h2-10,39H,25-28H2,1H3,(H,32,38)(H,34,37)(H,35,36). The van der Waals surface area contributed by atoms with Gasteiger partial charge in [0.2, 0.25) is 5.88 Å². The number of rotatable bonds is 8. The Bertz CT molecular complexity index is 1630. The van der Waals surface area contributed by atoms with E-state index in [1.807, 2.05) is 0 Å². The summed E-state index contributed by atoms with van der Waals surface area (Å²) >= 11 is 0. The van der Waals surface area contributed by atoms with Gasteiger partial charge in [-0.2, -0.15) is 5.10 Å². The van der Waals surface area contributed by atoms with Crippen LogP contribution in [0.3, 0.4) is 0 Å². The Morgan fingerprint density at radius 2 is 1.68 bits per heavy atom. The van der Waals surface area contributed by atoms with E-state index < -0.39 is 28.9 Å². The summed E-state index contributed by atoms with van der Waals surface area (Å²) in [6.45, 7) is 0. The average molecular weight is 563 g/mol. The number of benzene rings is 2. The highest BCUT2D eigenvalue weighted by molar-refractivity contribution is 6.41. The van der Waals surface area contributed by atoms with Gasteiger partial charge in [0.1, 0.15) is 32.6 Å². The van der Waals surface area contributed by atoms with Crippen molar-refractivity contribution in [1.29, 1.82) is 0 Å². The molecule has 2 aromatic carbocycles. The zero-order chi connectivity index (χ0) is 30.2. The van der Waals surface area contributed by atoms with Crippen molar-refractivity contribution in [3.8, 4) is 22.8 Å². The number of amides is 2. The van der Waals surface area contributed by atoms with Crippen LogP contribution in [0.1, 0.15) is 26.4 Å². The Labute approximate surface area is 236 Å². The van der Waals surface area contributed by atoms with Crippen molar-refractivity contribution in [2.45, 2.75) is 17.3 Å². The van der Waals surface area contributed by atoms with Crippen molar-refractivity contribution < 1.29 is 37.3 Å². The molecule has 0 aliphatic carbocycles. The second-order valence-corrected chi connectivity index (χ2v) is 10.2. The Morgan fingerprint density at radius 1 is 0.976 bits per heavy atom. The van der Waals surface area contributed by atoms with E-state index >= 15 is 0 Å². The summed E-state index contributed by atoms with van der Waals surface area (Å²) in [5, 5.41) is 21.6. The summed E-state index contributed by atoms with van der Waals surface area (Å²) in [5.74, 6) is -1.74. The van der Waals surface area contributed by atoms with Gasteiger partial charge in [-0.25, -0.2) is 4.98 Å². The minimum atomic E-state index is -4.93. The monoisotopic (exact) mass is 563 g/mol. The van der Waals surface area contributed by atoms with Crippen LogP contribution in [-0.4, -0.2) is 82.5 Å². The van der Waals surface area contributed by atoms with Crippen LogP contribution in [0, 0.1) is 0 Å². The van der Waals surface area contributed by atoms with Gasteiger partial charge in [0, 0.05) is 35.1 Å². The van der Waals surface area contributed by atoms with Gasteiger partial charge in [-0.3, -0.25) is 14.7 Å². The third-order valence-corrected chi connectivity index (χ3v) is 5.99. The maximum absolute atomic E-state index is 13.6. The molecule has 0 atom stereocenters. The van der Waals surface area contributed by atoms with E-state index in [1.54, 1.807) is 18.2 Å². The van der Waals surface area contributed by atoms with Gasteiger partial charge in [-0.15, -0.1) is 13.2 Å². The molecule has 0 fully saturated rings. The van der Waals surface area contributed by atoms with Crippen LogP contribution in [0.25, 0.3) is 22.0 Å². The van der Waals surface area contributed by atoms with Crippen LogP contribution in [0.4, 0.5) is 13.2 Å². The van der Waals surface area contributed by atoms with Crippen LogP contribution in [-0.2, 0) is 5.34 Å². The van der Waals surface area contributed by atoms with Crippen molar-refractivity contribution in [3.63, 3.8) is 0 Å². The number of aromatic amines is 1. The third kappa shape index (κ3) is 6.85. The normalized spacial score (nSPS) is 12.1. The largest absolute Gasteiger partial charge is 0.573 e. The Balaban J connectivity index is 1.73. The molecule has 4 aromatic rings. The SMILES string of the molecule is BC(B)(O)Oc1ncc(-c2ccc3c(C(=O)NC)n[nH]c3c2)cc1C(=O)NC(B)(B)c1ccccc1OC(F)(F)F. The van der Waals surface area contributed by atoms with E-state index in [9.17, 15) is 27.9 Å². The lowest BCUT2D eigenvalue weighted by Gasteiger charge is -2.30. The molecule has 10 nitrogen and oxygen atoms in total. The highest BCUT2D eigenvalue weighted by Crippen LogP contribution is 2.32. The number of nitrogens with zero attached hydrogens (tertiary/aromatic N) is 2. The first-order valence-corrected chi connectivity index (χ1v) is 12.4. The summed E-state index contributed by atoms with van der Waals surface area (Å²) in [5.41, 5.74) is 0.180. The Kier molecular flexibility index (Phi) is 7.85. The third-order valence-electron chi connectivity index (χ3n) is 5.99. The van der Waals surface area contributed by atoms with E-state index in [0.29, 0.717) is 22.0 Å². The molecule has 0 radical (unpaired) electrons. The second kappa shape index (κ2) is 10.9. The quantitative estimate of drug-likeness (QED) is 0.159. The smallest absolute Gasteiger partial charge is 0.463 e. The Morgan fingerprint density at radius 3 is 2.34 bits per heavy atom. The topological polar surface area (TPSA) is 138 Å². The lowest BCUT2D eigenvalue weighted by molar-refractivity contribution is -0.275. The number of carbonyl (C=O) groups excluding carboxylic acids is 2.